The van der Waals surface area contributed by atoms with E-state index in [9.17, 15) is 0 Å². The average molecular weight is 462 g/mol. The van der Waals surface area contributed by atoms with Gasteiger partial charge >= 0.3 is 0 Å². The molecule has 1 saturated carbocycles. The van der Waals surface area contributed by atoms with Gasteiger partial charge in [0.05, 0.1) is 11.4 Å². The monoisotopic (exact) mass is 461 g/mol. The highest BCUT2D eigenvalue weighted by atomic mass is 15.4. The van der Waals surface area contributed by atoms with E-state index in [1.54, 1.807) is 11.3 Å². The third-order valence-corrected chi connectivity index (χ3v) is 6.10. The lowest BCUT2D eigenvalue weighted by atomic mass is 9.98. The van der Waals surface area contributed by atoms with Crippen LogP contribution in [0, 0.1) is 0 Å². The number of rotatable bonds is 10. The predicted molar refractivity (Wildman–Crippen MR) is 142 cm³/mol. The second kappa shape index (κ2) is 12.2. The lowest BCUT2D eigenvalue weighted by Gasteiger charge is -2.21. The highest BCUT2D eigenvalue weighted by molar-refractivity contribution is 5.45. The molecule has 2 unspecified atom stereocenters. The zero-order chi connectivity index (χ0) is 24.5. The number of nitrogens with zero attached hydrogens (tertiary/aromatic N) is 3. The van der Waals surface area contributed by atoms with Crippen molar-refractivity contribution in [1.29, 1.82) is 0 Å². The first-order valence-electron chi connectivity index (χ1n) is 12.1. The second-order valence-electron chi connectivity index (χ2n) is 8.96. The van der Waals surface area contributed by atoms with Gasteiger partial charge in [0.2, 0.25) is 0 Å². The van der Waals surface area contributed by atoms with E-state index in [0.717, 1.165) is 54.2 Å². The lowest BCUT2D eigenvalue weighted by Crippen LogP contribution is -2.35. The number of aromatic nitrogens is 2. The fourth-order valence-corrected chi connectivity index (χ4v) is 3.78. The standard InChI is InChI=1S/C27H39N7/c1-5-25(22-11-9-7-6-8-10-12-22)33-27-20(3)26(30-18-31-27)16-13-19(2)32-21(4)24(28)17-34(29)23-14-15-23/h6-9,12-13,16-18,21,23,25,32H,3,5,10-11,14-15,28-29H2,1-2,4H3,(H,30,31,33)/b8-6-,9-7-,19-13+,22-12+,24-17-,26-16+. The molecule has 182 valence electrons. The normalized spacial score (nSPS) is 22.6. The number of allylic oxidation sites excluding steroid dienone is 7. The Morgan fingerprint density at radius 3 is 2.79 bits per heavy atom. The molecule has 0 amide bonds. The summed E-state index contributed by atoms with van der Waals surface area (Å²) in [4.78, 5) is 8.90. The maximum atomic E-state index is 6.21. The highest BCUT2D eigenvalue weighted by Crippen LogP contribution is 2.24. The van der Waals surface area contributed by atoms with Gasteiger partial charge in [-0.05, 0) is 63.7 Å². The molecule has 3 rings (SSSR count). The summed E-state index contributed by atoms with van der Waals surface area (Å²) in [7, 11) is 0. The Kier molecular flexibility index (Phi) is 9.10. The van der Waals surface area contributed by atoms with Crippen molar-refractivity contribution >= 4 is 18.5 Å². The first kappa shape index (κ1) is 25.3. The largest absolute Gasteiger partial charge is 0.399 e. The molecule has 0 radical (unpaired) electrons. The van der Waals surface area contributed by atoms with Gasteiger partial charge in [-0.15, -0.1) is 0 Å². The van der Waals surface area contributed by atoms with Gasteiger partial charge in [-0.25, -0.2) is 15.8 Å². The molecule has 1 fully saturated rings. The molecule has 7 nitrogen and oxygen atoms in total. The van der Waals surface area contributed by atoms with Crippen LogP contribution >= 0.6 is 0 Å². The first-order chi connectivity index (χ1) is 16.4. The van der Waals surface area contributed by atoms with Crippen molar-refractivity contribution < 1.29 is 0 Å². The zero-order valence-corrected chi connectivity index (χ0v) is 20.7. The van der Waals surface area contributed by atoms with Crippen molar-refractivity contribution in [2.24, 2.45) is 11.6 Å². The van der Waals surface area contributed by atoms with Crippen molar-refractivity contribution in [2.75, 3.05) is 5.32 Å². The molecular formula is C27H39N7. The summed E-state index contributed by atoms with van der Waals surface area (Å²) >= 11 is 0. The van der Waals surface area contributed by atoms with Gasteiger partial charge < -0.3 is 21.4 Å². The van der Waals surface area contributed by atoms with Gasteiger partial charge in [-0.1, -0.05) is 43.9 Å². The maximum absolute atomic E-state index is 6.21. The van der Waals surface area contributed by atoms with Crippen molar-refractivity contribution in [3.05, 3.63) is 76.5 Å². The van der Waals surface area contributed by atoms with Crippen molar-refractivity contribution in [3.63, 3.8) is 0 Å². The highest BCUT2D eigenvalue weighted by Gasteiger charge is 2.25. The van der Waals surface area contributed by atoms with Crippen LogP contribution in [0.25, 0.3) is 12.7 Å². The van der Waals surface area contributed by atoms with E-state index in [1.165, 1.54) is 5.57 Å². The molecule has 2 aliphatic carbocycles. The predicted octanol–water partition coefficient (Wildman–Crippen LogP) is 2.71. The van der Waals surface area contributed by atoms with Gasteiger partial charge in [-0.2, -0.15) is 0 Å². The number of hydrogen-bond donors (Lipinski definition) is 4. The van der Waals surface area contributed by atoms with Crippen LogP contribution in [0.1, 0.15) is 52.9 Å². The summed E-state index contributed by atoms with van der Waals surface area (Å²) in [6.45, 7) is 10.4. The van der Waals surface area contributed by atoms with Crippen LogP contribution in [-0.4, -0.2) is 33.1 Å². The Hall–Kier alpha value is -3.32. The van der Waals surface area contributed by atoms with E-state index in [4.69, 9.17) is 11.6 Å². The number of nitrogens with one attached hydrogen (secondary N) is 2. The van der Waals surface area contributed by atoms with Gasteiger partial charge in [0.15, 0.2) is 0 Å². The molecule has 0 saturated heterocycles. The molecule has 1 aromatic heterocycles. The molecule has 2 atom stereocenters. The molecule has 34 heavy (non-hydrogen) atoms. The Morgan fingerprint density at radius 2 is 2.06 bits per heavy atom. The summed E-state index contributed by atoms with van der Waals surface area (Å²) in [6, 6.07) is 0.588. The third kappa shape index (κ3) is 7.35. The number of anilines is 1. The number of hydrazine groups is 1. The number of nitrogens with two attached hydrogens (primary N) is 2. The van der Waals surface area contributed by atoms with E-state index in [1.807, 2.05) is 32.2 Å². The van der Waals surface area contributed by atoms with Crippen molar-refractivity contribution in [2.45, 2.75) is 71.0 Å². The molecule has 2 aliphatic rings. The first-order valence-corrected chi connectivity index (χ1v) is 12.1. The topological polar surface area (TPSA) is 105 Å². The van der Waals surface area contributed by atoms with Gasteiger partial charge in [0.1, 0.15) is 12.1 Å². The van der Waals surface area contributed by atoms with Crippen LogP contribution in [0.4, 0.5) is 5.82 Å². The lowest BCUT2D eigenvalue weighted by molar-refractivity contribution is 0.376. The van der Waals surface area contributed by atoms with Crippen LogP contribution in [0.5, 0.6) is 0 Å². The average Bonchev–Trinajstić information content (AvgIpc) is 3.63. The van der Waals surface area contributed by atoms with Crippen LogP contribution in [0.3, 0.4) is 0 Å². The van der Waals surface area contributed by atoms with Gasteiger partial charge in [-0.3, -0.25) is 0 Å². The third-order valence-electron chi connectivity index (χ3n) is 6.10. The maximum Gasteiger partial charge on any atom is 0.137 e. The van der Waals surface area contributed by atoms with E-state index < -0.39 is 0 Å². The fourth-order valence-electron chi connectivity index (χ4n) is 3.78. The van der Waals surface area contributed by atoms with E-state index >= 15 is 0 Å². The molecule has 0 aromatic carbocycles. The molecule has 0 bridgehead atoms. The van der Waals surface area contributed by atoms with Gasteiger partial charge in [0.25, 0.3) is 0 Å². The fraction of sp³-hybridized carbons (Fsp3) is 0.407. The minimum atomic E-state index is -0.0393. The minimum Gasteiger partial charge on any atom is -0.399 e. The quantitative estimate of drug-likeness (QED) is 0.241. The van der Waals surface area contributed by atoms with Gasteiger partial charge in [0, 0.05) is 34.9 Å². The molecule has 7 heteroatoms. The summed E-state index contributed by atoms with van der Waals surface area (Å²) in [5.74, 6) is 6.77. The van der Waals surface area contributed by atoms with Crippen molar-refractivity contribution in [3.8, 4) is 0 Å². The van der Waals surface area contributed by atoms with E-state index in [-0.39, 0.29) is 12.1 Å². The van der Waals surface area contributed by atoms with Crippen LogP contribution < -0.4 is 32.8 Å². The summed E-state index contributed by atoms with van der Waals surface area (Å²) in [6.07, 6.45) is 23.3. The Balaban J connectivity index is 1.70. The second-order valence-corrected chi connectivity index (χ2v) is 8.96. The van der Waals surface area contributed by atoms with E-state index in [2.05, 4.69) is 64.5 Å². The Bertz CT molecular complexity index is 1090. The van der Waals surface area contributed by atoms with Crippen LogP contribution in [0.15, 0.2) is 66.0 Å². The van der Waals surface area contributed by atoms with E-state index in [0.29, 0.717) is 11.7 Å². The molecular weight excluding hydrogens is 422 g/mol. The summed E-state index contributed by atoms with van der Waals surface area (Å²) < 4.78 is 0. The molecule has 1 heterocycles. The van der Waals surface area contributed by atoms with Crippen molar-refractivity contribution in [1.82, 2.24) is 20.3 Å². The van der Waals surface area contributed by atoms with Crippen LogP contribution in [-0.2, 0) is 0 Å². The summed E-state index contributed by atoms with van der Waals surface area (Å²) in [5, 5.41) is 10.3. The Labute approximate surface area is 203 Å². The van der Waals surface area contributed by atoms with Crippen LogP contribution in [0.2, 0.25) is 0 Å². The molecule has 0 spiro atoms. The molecule has 1 aromatic rings. The molecule has 6 N–H and O–H groups in total. The minimum absolute atomic E-state index is 0.0393. The number of hydrogen-bond acceptors (Lipinski definition) is 7. The Morgan fingerprint density at radius 1 is 1.29 bits per heavy atom. The molecule has 0 aliphatic heterocycles. The summed E-state index contributed by atoms with van der Waals surface area (Å²) in [5.41, 5.74) is 9.25. The zero-order valence-electron chi connectivity index (χ0n) is 20.7. The smallest absolute Gasteiger partial charge is 0.137 e. The SMILES string of the molecule is C=c1c(NC(CC)/C2=C/C/C=C\C=C/C2)ncn/c1=C/C=C(\C)NC(C)/C(N)=C/N(N)C1CC1.